The zero-order chi connectivity index (χ0) is 21.2. The number of anilines is 1. The van der Waals surface area contributed by atoms with Gasteiger partial charge in [0.1, 0.15) is 11.4 Å². The second-order valence-electron chi connectivity index (χ2n) is 8.39. The van der Waals surface area contributed by atoms with E-state index < -0.39 is 22.6 Å². The quantitative estimate of drug-likeness (QED) is 0.684. The fourth-order valence-corrected chi connectivity index (χ4v) is 2.49. The molecular formula is C20H32N4O3. The summed E-state index contributed by atoms with van der Waals surface area (Å²) in [7, 11) is 1.53. The zero-order valence-corrected chi connectivity index (χ0v) is 17.3. The van der Waals surface area contributed by atoms with Crippen molar-refractivity contribution in [2.24, 2.45) is 11.1 Å². The van der Waals surface area contributed by atoms with Crippen molar-refractivity contribution in [2.75, 3.05) is 12.8 Å². The molecule has 2 amide bonds. The Morgan fingerprint density at radius 1 is 1.15 bits per heavy atom. The Morgan fingerprint density at radius 2 is 1.70 bits per heavy atom. The van der Waals surface area contributed by atoms with Crippen molar-refractivity contribution >= 4 is 17.7 Å². The molecule has 7 nitrogen and oxygen atoms in total. The van der Waals surface area contributed by atoms with E-state index in [1.54, 1.807) is 59.7 Å². The molecule has 5 N–H and O–H groups in total. The number of rotatable bonds is 5. The summed E-state index contributed by atoms with van der Waals surface area (Å²) in [6, 6.07) is 7.14. The third kappa shape index (κ3) is 5.23. The number of hydrogen-bond acceptors (Lipinski definition) is 5. The van der Waals surface area contributed by atoms with Gasteiger partial charge in [-0.15, -0.1) is 0 Å². The van der Waals surface area contributed by atoms with E-state index in [1.165, 1.54) is 11.9 Å². The summed E-state index contributed by atoms with van der Waals surface area (Å²) in [5.74, 6) is -0.207. The van der Waals surface area contributed by atoms with Gasteiger partial charge in [0.05, 0.1) is 11.0 Å². The summed E-state index contributed by atoms with van der Waals surface area (Å²) >= 11 is 0. The van der Waals surface area contributed by atoms with Crippen molar-refractivity contribution in [1.82, 2.24) is 10.2 Å². The highest BCUT2D eigenvalue weighted by atomic mass is 16.6. The smallest absolute Gasteiger partial charge is 0.413 e. The van der Waals surface area contributed by atoms with Crippen LogP contribution >= 0.6 is 0 Å². The third-order valence-corrected chi connectivity index (χ3v) is 4.67. The predicted octanol–water partition coefficient (Wildman–Crippen LogP) is 2.92. The van der Waals surface area contributed by atoms with Crippen LogP contribution in [0.4, 0.5) is 10.5 Å². The van der Waals surface area contributed by atoms with Crippen LogP contribution in [0, 0.1) is 5.41 Å². The molecule has 0 radical (unpaired) electrons. The van der Waals surface area contributed by atoms with Crippen LogP contribution in [0.3, 0.4) is 0 Å². The Hall–Kier alpha value is -2.54. The zero-order valence-electron chi connectivity index (χ0n) is 17.3. The number of nitrogens with one attached hydrogen (secondary N) is 1. The Bertz CT molecular complexity index is 733. The van der Waals surface area contributed by atoms with Crippen LogP contribution in [0.1, 0.15) is 47.1 Å². The maximum atomic E-state index is 13.1. The average molecular weight is 377 g/mol. The summed E-state index contributed by atoms with van der Waals surface area (Å²) in [5, 5.41) is 2.48. The van der Waals surface area contributed by atoms with Crippen molar-refractivity contribution in [2.45, 2.75) is 52.7 Å². The molecule has 1 aromatic carbocycles. The van der Waals surface area contributed by atoms with Crippen LogP contribution in [0.15, 0.2) is 36.7 Å². The molecule has 0 unspecified atom stereocenters. The Morgan fingerprint density at radius 3 is 2.19 bits per heavy atom. The lowest BCUT2D eigenvalue weighted by Crippen LogP contribution is -2.56. The monoisotopic (exact) mass is 376 g/mol. The van der Waals surface area contributed by atoms with E-state index in [9.17, 15) is 9.59 Å². The Labute approximate surface area is 161 Å². The SMILES string of the molecule is C=C(NC(=O)OC(C)(C)C)N(C)C(=O)C(C)(C)[C@](C)(N)c1cccc(N)c1. The number of nitrogens with two attached hydrogens (primary N) is 2. The molecule has 1 rings (SSSR count). The largest absolute Gasteiger partial charge is 0.444 e. The van der Waals surface area contributed by atoms with Gasteiger partial charge in [0.25, 0.3) is 0 Å². The molecule has 0 bridgehead atoms. The van der Waals surface area contributed by atoms with Crippen molar-refractivity contribution in [3.63, 3.8) is 0 Å². The van der Waals surface area contributed by atoms with Crippen LogP contribution in [-0.2, 0) is 15.1 Å². The van der Waals surface area contributed by atoms with E-state index in [0.717, 1.165) is 5.56 Å². The number of carbonyl (C=O) groups is 2. The highest BCUT2D eigenvalue weighted by Gasteiger charge is 2.46. The van der Waals surface area contributed by atoms with E-state index in [-0.39, 0.29) is 11.7 Å². The number of hydrogen-bond donors (Lipinski definition) is 3. The van der Waals surface area contributed by atoms with Gasteiger partial charge in [-0.1, -0.05) is 18.7 Å². The average Bonchev–Trinajstić information content (AvgIpc) is 2.51. The van der Waals surface area contributed by atoms with Crippen molar-refractivity contribution in [3.8, 4) is 0 Å². The van der Waals surface area contributed by atoms with E-state index >= 15 is 0 Å². The minimum absolute atomic E-state index is 0.103. The van der Waals surface area contributed by atoms with E-state index in [0.29, 0.717) is 5.69 Å². The summed E-state index contributed by atoms with van der Waals surface area (Å²) < 4.78 is 5.19. The van der Waals surface area contributed by atoms with Crippen LogP contribution in [0.5, 0.6) is 0 Å². The number of alkyl carbamates (subject to hydrolysis) is 1. The van der Waals surface area contributed by atoms with Gasteiger partial charge in [-0.2, -0.15) is 0 Å². The number of benzene rings is 1. The maximum absolute atomic E-state index is 13.1. The van der Waals surface area contributed by atoms with Gasteiger partial charge in [0, 0.05) is 12.7 Å². The molecule has 7 heteroatoms. The highest BCUT2D eigenvalue weighted by Crippen LogP contribution is 2.39. The van der Waals surface area contributed by atoms with Crippen LogP contribution in [-0.4, -0.2) is 29.5 Å². The number of amides is 2. The molecule has 0 aromatic heterocycles. The van der Waals surface area contributed by atoms with Gasteiger partial charge in [0.15, 0.2) is 0 Å². The van der Waals surface area contributed by atoms with Crippen molar-refractivity contribution < 1.29 is 14.3 Å². The molecule has 0 spiro atoms. The van der Waals surface area contributed by atoms with E-state index in [4.69, 9.17) is 16.2 Å². The first kappa shape index (κ1) is 22.5. The topological polar surface area (TPSA) is 111 Å². The maximum Gasteiger partial charge on any atom is 0.413 e. The van der Waals surface area contributed by atoms with Gasteiger partial charge in [-0.25, -0.2) is 4.79 Å². The van der Waals surface area contributed by atoms with Crippen molar-refractivity contribution in [3.05, 3.63) is 42.2 Å². The minimum atomic E-state index is -1.02. The molecule has 0 aliphatic rings. The normalized spacial score (nSPS) is 14.1. The molecule has 0 saturated carbocycles. The first-order valence-electron chi connectivity index (χ1n) is 8.71. The van der Waals surface area contributed by atoms with E-state index in [1.807, 2.05) is 6.07 Å². The third-order valence-electron chi connectivity index (χ3n) is 4.67. The molecule has 27 heavy (non-hydrogen) atoms. The van der Waals surface area contributed by atoms with Gasteiger partial charge in [-0.05, 0) is 59.2 Å². The Balaban J connectivity index is 3.00. The summed E-state index contributed by atoms with van der Waals surface area (Å²) in [4.78, 5) is 26.3. The van der Waals surface area contributed by atoms with Gasteiger partial charge in [-0.3, -0.25) is 10.1 Å². The summed E-state index contributed by atoms with van der Waals surface area (Å²) in [6.45, 7) is 14.3. The van der Waals surface area contributed by atoms with Crippen LogP contribution in [0.25, 0.3) is 0 Å². The molecule has 0 heterocycles. The molecule has 0 aliphatic heterocycles. The molecule has 0 fully saturated rings. The fraction of sp³-hybridized carbons (Fsp3) is 0.500. The Kier molecular flexibility index (Phi) is 6.33. The lowest BCUT2D eigenvalue weighted by atomic mass is 9.69. The fourth-order valence-electron chi connectivity index (χ4n) is 2.49. The van der Waals surface area contributed by atoms with Crippen molar-refractivity contribution in [1.29, 1.82) is 0 Å². The van der Waals surface area contributed by atoms with Crippen LogP contribution in [0.2, 0.25) is 0 Å². The number of nitrogen functional groups attached to an aromatic ring is 1. The summed E-state index contributed by atoms with van der Waals surface area (Å²) in [5.41, 5.74) is 11.0. The van der Waals surface area contributed by atoms with E-state index in [2.05, 4.69) is 11.9 Å². The molecule has 1 aromatic rings. The van der Waals surface area contributed by atoms with Gasteiger partial charge in [0.2, 0.25) is 5.91 Å². The standard InChI is InChI=1S/C20H32N4O3/c1-13(23-17(26)27-18(2,3)4)24(8)16(25)19(5,6)20(7,22)14-10-9-11-15(21)12-14/h9-12H,1,21-22H2,2-8H3,(H,23,26)/t20-/m1/s1. The number of ether oxygens (including phenoxy) is 1. The molecule has 1 atom stereocenters. The highest BCUT2D eigenvalue weighted by molar-refractivity contribution is 5.85. The minimum Gasteiger partial charge on any atom is -0.444 e. The number of carbonyl (C=O) groups excluding carboxylic acids is 2. The first-order valence-corrected chi connectivity index (χ1v) is 8.71. The molecule has 150 valence electrons. The first-order chi connectivity index (χ1) is 12.1. The van der Waals surface area contributed by atoms with Gasteiger partial charge >= 0.3 is 6.09 Å². The lowest BCUT2D eigenvalue weighted by molar-refractivity contribution is -0.141. The van der Waals surface area contributed by atoms with Crippen LogP contribution < -0.4 is 16.8 Å². The molecule has 0 aliphatic carbocycles. The molecular weight excluding hydrogens is 344 g/mol. The number of nitrogens with zero attached hydrogens (tertiary/aromatic N) is 1. The lowest BCUT2D eigenvalue weighted by Gasteiger charge is -2.42. The molecule has 0 saturated heterocycles. The summed E-state index contributed by atoms with van der Waals surface area (Å²) in [6.07, 6.45) is -0.684. The predicted molar refractivity (Wildman–Crippen MR) is 107 cm³/mol. The second-order valence-corrected chi connectivity index (χ2v) is 8.39. The second kappa shape index (κ2) is 7.60. The van der Waals surface area contributed by atoms with Gasteiger partial charge < -0.3 is 21.1 Å².